The Morgan fingerprint density at radius 2 is 1.68 bits per heavy atom. The Morgan fingerprint density at radius 1 is 0.971 bits per heavy atom. The summed E-state index contributed by atoms with van der Waals surface area (Å²) in [6.07, 6.45) is 1.17. The molecule has 1 atom stereocenters. The number of nitrogens with zero attached hydrogens (tertiary/aromatic N) is 1. The van der Waals surface area contributed by atoms with E-state index in [2.05, 4.69) is 5.32 Å². The van der Waals surface area contributed by atoms with Crippen LogP contribution in [0.5, 0.6) is 5.75 Å². The highest BCUT2D eigenvalue weighted by Gasteiger charge is 2.30. The summed E-state index contributed by atoms with van der Waals surface area (Å²) < 4.78 is 18.9. The quantitative estimate of drug-likeness (QED) is 0.450. The zero-order valence-electron chi connectivity index (χ0n) is 19.7. The largest absolute Gasteiger partial charge is 0.484 e. The second-order valence-corrected chi connectivity index (χ2v) is 8.25. The molecule has 34 heavy (non-hydrogen) atoms. The Bertz CT molecular complexity index is 1070. The average molecular weight is 463 g/mol. The van der Waals surface area contributed by atoms with Crippen molar-refractivity contribution >= 4 is 11.8 Å². The highest BCUT2D eigenvalue weighted by atomic mass is 19.1. The maximum Gasteiger partial charge on any atom is 0.261 e. The maximum absolute atomic E-state index is 13.4. The first-order chi connectivity index (χ1) is 16.5. The van der Waals surface area contributed by atoms with Crippen molar-refractivity contribution in [2.45, 2.75) is 39.3 Å². The van der Waals surface area contributed by atoms with Gasteiger partial charge in [0.05, 0.1) is 0 Å². The number of ether oxygens (including phenoxy) is 1. The first-order valence-electron chi connectivity index (χ1n) is 11.5. The van der Waals surface area contributed by atoms with E-state index < -0.39 is 6.04 Å². The molecule has 3 rings (SSSR count). The molecule has 178 valence electrons. The molecule has 3 aromatic carbocycles. The van der Waals surface area contributed by atoms with Crippen molar-refractivity contribution in [3.05, 3.63) is 101 Å². The lowest BCUT2D eigenvalue weighted by atomic mass is 10.0. The number of carbonyl (C=O) groups excluding carboxylic acids is 2. The maximum atomic E-state index is 13.4. The minimum Gasteiger partial charge on any atom is -0.484 e. The lowest BCUT2D eigenvalue weighted by Gasteiger charge is -2.31. The second kappa shape index (κ2) is 12.5. The summed E-state index contributed by atoms with van der Waals surface area (Å²) in [6.45, 7) is 4.51. The van der Waals surface area contributed by atoms with E-state index in [1.165, 1.54) is 24.3 Å². The molecule has 6 heteroatoms. The summed E-state index contributed by atoms with van der Waals surface area (Å²) in [4.78, 5) is 28.2. The van der Waals surface area contributed by atoms with Gasteiger partial charge in [-0.1, -0.05) is 67.1 Å². The molecule has 0 heterocycles. The molecular formula is C28H31FN2O3. The molecule has 0 saturated heterocycles. The molecule has 5 nitrogen and oxygen atoms in total. The third kappa shape index (κ3) is 7.44. The van der Waals surface area contributed by atoms with Crippen LogP contribution >= 0.6 is 0 Å². The third-order valence-electron chi connectivity index (χ3n) is 5.43. The van der Waals surface area contributed by atoms with Gasteiger partial charge in [0, 0.05) is 19.5 Å². The highest BCUT2D eigenvalue weighted by Crippen LogP contribution is 2.17. The van der Waals surface area contributed by atoms with Gasteiger partial charge in [0.15, 0.2) is 6.61 Å². The van der Waals surface area contributed by atoms with Gasteiger partial charge in [0.1, 0.15) is 17.6 Å². The molecule has 1 N–H and O–H groups in total. The molecule has 0 aromatic heterocycles. The summed E-state index contributed by atoms with van der Waals surface area (Å²) in [5, 5.41) is 2.95. The molecule has 0 radical (unpaired) electrons. The average Bonchev–Trinajstić information content (AvgIpc) is 2.85. The Hall–Kier alpha value is -3.67. The van der Waals surface area contributed by atoms with Crippen LogP contribution in [0.2, 0.25) is 0 Å². The van der Waals surface area contributed by atoms with E-state index in [4.69, 9.17) is 4.74 Å². The van der Waals surface area contributed by atoms with E-state index in [1.807, 2.05) is 68.4 Å². The van der Waals surface area contributed by atoms with E-state index in [0.717, 1.165) is 23.1 Å². The van der Waals surface area contributed by atoms with E-state index >= 15 is 0 Å². The minimum atomic E-state index is -0.709. The number of nitrogens with one attached hydrogen (secondary N) is 1. The van der Waals surface area contributed by atoms with Crippen molar-refractivity contribution in [1.82, 2.24) is 10.2 Å². The molecule has 3 aromatic rings. The van der Waals surface area contributed by atoms with Gasteiger partial charge in [0.2, 0.25) is 5.91 Å². The molecule has 0 fully saturated rings. The Labute approximate surface area is 200 Å². The summed E-state index contributed by atoms with van der Waals surface area (Å²) in [7, 11) is 0. The Balaban J connectivity index is 1.88. The monoisotopic (exact) mass is 462 g/mol. The van der Waals surface area contributed by atoms with E-state index in [0.29, 0.717) is 18.7 Å². The molecule has 0 spiro atoms. The van der Waals surface area contributed by atoms with Crippen molar-refractivity contribution in [1.29, 1.82) is 0 Å². The normalized spacial score (nSPS) is 11.5. The van der Waals surface area contributed by atoms with E-state index in [9.17, 15) is 14.0 Å². The first-order valence-corrected chi connectivity index (χ1v) is 11.5. The van der Waals surface area contributed by atoms with Crippen LogP contribution < -0.4 is 10.1 Å². The van der Waals surface area contributed by atoms with E-state index in [-0.39, 0.29) is 30.8 Å². The van der Waals surface area contributed by atoms with Gasteiger partial charge in [-0.3, -0.25) is 9.59 Å². The Kier molecular flexibility index (Phi) is 9.21. The molecule has 0 bridgehead atoms. The number of halogens is 1. The number of carbonyl (C=O) groups is 2. The molecule has 0 aliphatic carbocycles. The van der Waals surface area contributed by atoms with Gasteiger partial charge in [-0.25, -0.2) is 4.39 Å². The molecular weight excluding hydrogens is 431 g/mol. The summed E-state index contributed by atoms with van der Waals surface area (Å²) >= 11 is 0. The SMILES string of the molecule is CCCNC(=O)[C@@H](Cc1ccccc1)N(Cc1cccc(C)c1)C(=O)COc1ccc(F)cc1. The summed E-state index contributed by atoms with van der Waals surface area (Å²) in [5.74, 6) is -0.512. The van der Waals surface area contributed by atoms with Gasteiger partial charge in [-0.15, -0.1) is 0 Å². The summed E-state index contributed by atoms with van der Waals surface area (Å²) in [5.41, 5.74) is 2.96. The fourth-order valence-electron chi connectivity index (χ4n) is 3.69. The number of aryl methyl sites for hydroxylation is 1. The van der Waals surface area contributed by atoms with Crippen LogP contribution in [0.25, 0.3) is 0 Å². The van der Waals surface area contributed by atoms with Gasteiger partial charge >= 0.3 is 0 Å². The first kappa shape index (κ1) is 25.0. The lowest BCUT2D eigenvalue weighted by molar-refractivity contribution is -0.142. The number of benzene rings is 3. The third-order valence-corrected chi connectivity index (χ3v) is 5.43. The minimum absolute atomic E-state index is 0.200. The Morgan fingerprint density at radius 3 is 2.35 bits per heavy atom. The molecule has 0 aliphatic rings. The molecule has 2 amide bonds. The zero-order chi connectivity index (χ0) is 24.3. The number of amides is 2. The van der Waals surface area contributed by atoms with Crippen LogP contribution in [0.1, 0.15) is 30.0 Å². The topological polar surface area (TPSA) is 58.6 Å². The molecule has 0 saturated carbocycles. The van der Waals surface area contributed by atoms with Crippen LogP contribution in [-0.2, 0) is 22.6 Å². The predicted molar refractivity (Wildman–Crippen MR) is 131 cm³/mol. The van der Waals surface area contributed by atoms with Crippen LogP contribution in [0.3, 0.4) is 0 Å². The molecule has 0 aliphatic heterocycles. The lowest BCUT2D eigenvalue weighted by Crippen LogP contribution is -2.51. The second-order valence-electron chi connectivity index (χ2n) is 8.25. The van der Waals surface area contributed by atoms with Gasteiger partial charge in [0.25, 0.3) is 5.91 Å². The van der Waals surface area contributed by atoms with Crippen molar-refractivity contribution < 1.29 is 18.7 Å². The van der Waals surface area contributed by atoms with Crippen molar-refractivity contribution in [3.8, 4) is 5.75 Å². The fraction of sp³-hybridized carbons (Fsp3) is 0.286. The highest BCUT2D eigenvalue weighted by molar-refractivity contribution is 5.88. The number of rotatable bonds is 11. The zero-order valence-corrected chi connectivity index (χ0v) is 19.7. The van der Waals surface area contributed by atoms with E-state index in [1.54, 1.807) is 4.90 Å². The number of hydrogen-bond donors (Lipinski definition) is 1. The smallest absolute Gasteiger partial charge is 0.261 e. The number of hydrogen-bond acceptors (Lipinski definition) is 3. The van der Waals surface area contributed by atoms with Crippen LogP contribution in [0, 0.1) is 12.7 Å². The van der Waals surface area contributed by atoms with Gasteiger partial charge in [-0.05, 0) is 48.7 Å². The van der Waals surface area contributed by atoms with Crippen molar-refractivity contribution in [3.63, 3.8) is 0 Å². The summed E-state index contributed by atoms with van der Waals surface area (Å²) in [6, 6.07) is 22.3. The van der Waals surface area contributed by atoms with Crippen LogP contribution in [-0.4, -0.2) is 35.9 Å². The standard InChI is InChI=1S/C28H31FN2O3/c1-3-16-30-28(33)26(18-22-9-5-4-6-10-22)31(19-23-11-7-8-21(2)17-23)27(32)20-34-25-14-12-24(29)13-15-25/h4-15,17,26H,3,16,18-20H2,1-2H3,(H,30,33)/t26-/m1/s1. The molecule has 0 unspecified atom stereocenters. The van der Waals surface area contributed by atoms with Crippen LogP contribution in [0.15, 0.2) is 78.9 Å². The van der Waals surface area contributed by atoms with Crippen molar-refractivity contribution in [2.75, 3.05) is 13.2 Å². The van der Waals surface area contributed by atoms with Gasteiger partial charge < -0.3 is 15.0 Å². The van der Waals surface area contributed by atoms with Crippen molar-refractivity contribution in [2.24, 2.45) is 0 Å². The fourth-order valence-corrected chi connectivity index (χ4v) is 3.69. The van der Waals surface area contributed by atoms with Gasteiger partial charge in [-0.2, -0.15) is 0 Å². The van der Waals surface area contributed by atoms with Crippen LogP contribution in [0.4, 0.5) is 4.39 Å². The predicted octanol–water partition coefficient (Wildman–Crippen LogP) is 4.68.